The summed E-state index contributed by atoms with van der Waals surface area (Å²) in [5, 5.41) is 0. The molecule has 0 N–H and O–H groups in total. The van der Waals surface area contributed by atoms with Crippen molar-refractivity contribution in [2.75, 3.05) is 13.7 Å². The van der Waals surface area contributed by atoms with Crippen LogP contribution in [0.4, 0.5) is 0 Å². The summed E-state index contributed by atoms with van der Waals surface area (Å²) in [5.74, 6) is 1.12. The molecule has 1 amide bonds. The average Bonchev–Trinajstić information content (AvgIpc) is 3.11. The summed E-state index contributed by atoms with van der Waals surface area (Å²) in [4.78, 5) is 19.9. The summed E-state index contributed by atoms with van der Waals surface area (Å²) < 4.78 is 9.24. The Kier molecular flexibility index (Phi) is 3.14. The Labute approximate surface area is 133 Å². The zero-order valence-electron chi connectivity index (χ0n) is 12.4. The SMILES string of the molecule is COc1cc(C(=O)N2CC[C@@H]3CC[C@@]32c2cccnc2)sn1. The third-order valence-corrected chi connectivity index (χ3v) is 5.81. The van der Waals surface area contributed by atoms with E-state index in [2.05, 4.69) is 15.4 Å². The summed E-state index contributed by atoms with van der Waals surface area (Å²) in [7, 11) is 1.57. The molecular weight excluding hydrogens is 298 g/mol. The van der Waals surface area contributed by atoms with Crippen LogP contribution in [0.25, 0.3) is 0 Å². The van der Waals surface area contributed by atoms with E-state index in [4.69, 9.17) is 4.74 Å². The van der Waals surface area contributed by atoms with Gasteiger partial charge in [0, 0.05) is 25.0 Å². The molecule has 0 radical (unpaired) electrons. The number of amides is 1. The second-order valence-electron chi connectivity index (χ2n) is 5.88. The maximum Gasteiger partial charge on any atom is 0.266 e. The van der Waals surface area contributed by atoms with Gasteiger partial charge in [-0.3, -0.25) is 9.78 Å². The molecule has 0 unspecified atom stereocenters. The van der Waals surface area contributed by atoms with E-state index >= 15 is 0 Å². The van der Waals surface area contributed by atoms with Crippen LogP contribution in [0.2, 0.25) is 0 Å². The van der Waals surface area contributed by atoms with Crippen LogP contribution in [0.5, 0.6) is 5.88 Å². The van der Waals surface area contributed by atoms with E-state index in [9.17, 15) is 4.79 Å². The molecule has 0 aromatic carbocycles. The monoisotopic (exact) mass is 315 g/mol. The zero-order chi connectivity index (χ0) is 15.2. The van der Waals surface area contributed by atoms with Gasteiger partial charge in [-0.25, -0.2) is 0 Å². The molecule has 2 atom stereocenters. The summed E-state index contributed by atoms with van der Waals surface area (Å²) in [6.45, 7) is 0.804. The first-order valence-corrected chi connectivity index (χ1v) is 8.26. The lowest BCUT2D eigenvalue weighted by Crippen LogP contribution is -2.53. The number of ether oxygens (including phenoxy) is 1. The molecule has 0 bridgehead atoms. The van der Waals surface area contributed by atoms with Crippen molar-refractivity contribution in [3.05, 3.63) is 41.0 Å². The molecule has 5 nitrogen and oxygen atoms in total. The number of hydrogen-bond acceptors (Lipinski definition) is 5. The van der Waals surface area contributed by atoms with E-state index in [1.807, 2.05) is 17.2 Å². The van der Waals surface area contributed by atoms with Gasteiger partial charge in [0.25, 0.3) is 5.91 Å². The van der Waals surface area contributed by atoms with Crippen LogP contribution < -0.4 is 4.74 Å². The molecule has 1 saturated carbocycles. The van der Waals surface area contributed by atoms with Crippen molar-refractivity contribution in [2.45, 2.75) is 24.8 Å². The third kappa shape index (κ3) is 1.80. The summed E-state index contributed by atoms with van der Waals surface area (Å²) in [6.07, 6.45) is 6.96. The third-order valence-electron chi connectivity index (χ3n) is 5.05. The molecule has 4 rings (SSSR count). The lowest BCUT2D eigenvalue weighted by molar-refractivity contribution is 0.0146. The maximum atomic E-state index is 13.0. The first-order valence-electron chi connectivity index (χ1n) is 7.49. The number of nitrogens with zero attached hydrogens (tertiary/aromatic N) is 3. The minimum Gasteiger partial charge on any atom is -0.480 e. The van der Waals surface area contributed by atoms with E-state index in [0.717, 1.165) is 24.9 Å². The Morgan fingerprint density at radius 2 is 2.41 bits per heavy atom. The minimum absolute atomic E-state index is 0.0619. The molecule has 6 heteroatoms. The molecule has 1 aliphatic heterocycles. The van der Waals surface area contributed by atoms with E-state index in [-0.39, 0.29) is 11.4 Å². The van der Waals surface area contributed by atoms with Crippen molar-refractivity contribution in [2.24, 2.45) is 5.92 Å². The highest BCUT2D eigenvalue weighted by molar-refractivity contribution is 7.08. The highest BCUT2D eigenvalue weighted by Crippen LogP contribution is 2.57. The predicted octanol–water partition coefficient (Wildman–Crippen LogP) is 2.70. The van der Waals surface area contributed by atoms with Gasteiger partial charge >= 0.3 is 0 Å². The first-order chi connectivity index (χ1) is 10.8. The van der Waals surface area contributed by atoms with Crippen molar-refractivity contribution >= 4 is 17.4 Å². The lowest BCUT2D eigenvalue weighted by atomic mass is 9.64. The van der Waals surface area contributed by atoms with Gasteiger partial charge in [-0.2, -0.15) is 4.37 Å². The zero-order valence-corrected chi connectivity index (χ0v) is 13.2. The molecular formula is C16H17N3O2S. The summed E-state index contributed by atoms with van der Waals surface area (Å²) >= 11 is 1.21. The Bertz CT molecular complexity index is 702. The van der Waals surface area contributed by atoms with E-state index in [0.29, 0.717) is 16.7 Å². The van der Waals surface area contributed by atoms with E-state index in [1.165, 1.54) is 18.0 Å². The largest absolute Gasteiger partial charge is 0.480 e. The molecule has 2 aromatic rings. The van der Waals surface area contributed by atoms with Crippen LogP contribution in [0.1, 0.15) is 34.5 Å². The fourth-order valence-electron chi connectivity index (χ4n) is 3.87. The van der Waals surface area contributed by atoms with Crippen molar-refractivity contribution in [3.8, 4) is 5.88 Å². The number of aromatic nitrogens is 2. The van der Waals surface area contributed by atoms with E-state index < -0.39 is 0 Å². The summed E-state index contributed by atoms with van der Waals surface area (Å²) in [6, 6.07) is 5.78. The second-order valence-corrected chi connectivity index (χ2v) is 6.69. The molecule has 2 aromatic heterocycles. The maximum absolute atomic E-state index is 13.0. The van der Waals surface area contributed by atoms with Gasteiger partial charge in [0.05, 0.1) is 12.6 Å². The first kappa shape index (κ1) is 13.7. The molecule has 1 aliphatic carbocycles. The lowest BCUT2D eigenvalue weighted by Gasteiger charge is -2.50. The standard InChI is InChI=1S/C16H17N3O2S/c1-21-14-9-13(22-18-14)15(20)19-8-5-11-4-6-16(11,19)12-3-2-7-17-10-12/h2-3,7,9-11H,4-6,8H2,1H3/t11-,16-/m0/s1. The fraction of sp³-hybridized carbons (Fsp3) is 0.438. The van der Waals surface area contributed by atoms with Gasteiger partial charge in [0.15, 0.2) is 0 Å². The highest BCUT2D eigenvalue weighted by atomic mass is 32.1. The molecule has 2 fully saturated rings. The van der Waals surface area contributed by atoms with Gasteiger partial charge in [0.1, 0.15) is 4.88 Å². The smallest absolute Gasteiger partial charge is 0.266 e. The van der Waals surface area contributed by atoms with E-state index in [1.54, 1.807) is 19.4 Å². The van der Waals surface area contributed by atoms with Crippen LogP contribution in [0.15, 0.2) is 30.6 Å². The molecule has 2 aliphatic rings. The minimum atomic E-state index is -0.164. The number of carbonyl (C=O) groups excluding carboxylic acids is 1. The van der Waals surface area contributed by atoms with Gasteiger partial charge in [0.2, 0.25) is 5.88 Å². The van der Waals surface area contributed by atoms with Crippen LogP contribution in [-0.2, 0) is 5.54 Å². The Balaban J connectivity index is 1.70. The second kappa shape index (κ2) is 5.05. The van der Waals surface area contributed by atoms with Crippen molar-refractivity contribution in [3.63, 3.8) is 0 Å². The number of likely N-dealkylation sites (tertiary alicyclic amines) is 1. The molecule has 22 heavy (non-hydrogen) atoms. The fourth-order valence-corrected chi connectivity index (χ4v) is 4.53. The molecule has 114 valence electrons. The highest BCUT2D eigenvalue weighted by Gasteiger charge is 2.57. The van der Waals surface area contributed by atoms with Gasteiger partial charge in [-0.05, 0) is 48.3 Å². The predicted molar refractivity (Wildman–Crippen MR) is 83.0 cm³/mol. The van der Waals surface area contributed by atoms with Crippen LogP contribution in [-0.4, -0.2) is 33.8 Å². The van der Waals surface area contributed by atoms with Crippen LogP contribution >= 0.6 is 11.5 Å². The Hall–Kier alpha value is -1.95. The number of pyridine rings is 1. The number of carbonyl (C=O) groups is 1. The van der Waals surface area contributed by atoms with Crippen molar-refractivity contribution < 1.29 is 9.53 Å². The number of methoxy groups -OCH3 is 1. The van der Waals surface area contributed by atoms with Crippen molar-refractivity contribution in [1.29, 1.82) is 0 Å². The number of fused-ring (bicyclic) bond motifs is 1. The summed E-state index contributed by atoms with van der Waals surface area (Å²) in [5.41, 5.74) is 0.997. The van der Waals surface area contributed by atoms with Crippen molar-refractivity contribution in [1.82, 2.24) is 14.3 Å². The van der Waals surface area contributed by atoms with Gasteiger partial charge < -0.3 is 9.64 Å². The van der Waals surface area contributed by atoms with Gasteiger partial charge in [-0.1, -0.05) is 6.07 Å². The van der Waals surface area contributed by atoms with Crippen LogP contribution in [0.3, 0.4) is 0 Å². The molecule has 1 saturated heterocycles. The van der Waals surface area contributed by atoms with Gasteiger partial charge in [-0.15, -0.1) is 0 Å². The Morgan fingerprint density at radius 1 is 1.50 bits per heavy atom. The molecule has 0 spiro atoms. The normalized spacial score (nSPS) is 26.4. The van der Waals surface area contributed by atoms with Crippen LogP contribution in [0, 0.1) is 5.92 Å². The quantitative estimate of drug-likeness (QED) is 0.874. The Morgan fingerprint density at radius 3 is 3.05 bits per heavy atom. The molecule has 3 heterocycles. The topological polar surface area (TPSA) is 55.3 Å². The average molecular weight is 315 g/mol. The number of rotatable bonds is 3. The number of hydrogen-bond donors (Lipinski definition) is 0.